The first-order chi connectivity index (χ1) is 8.86. The molecule has 0 saturated heterocycles. The van der Waals surface area contributed by atoms with Gasteiger partial charge in [0, 0.05) is 24.3 Å². The van der Waals surface area contributed by atoms with E-state index < -0.39 is 0 Å². The molecule has 3 heteroatoms. The number of nitrogens with one attached hydrogen (secondary N) is 1. The third-order valence-electron chi connectivity index (χ3n) is 3.38. The van der Waals surface area contributed by atoms with Crippen molar-refractivity contribution in [1.82, 2.24) is 5.32 Å². The lowest BCUT2D eigenvalue weighted by molar-refractivity contribution is 0.559. The van der Waals surface area contributed by atoms with Crippen LogP contribution in [-0.4, -0.2) is 19.6 Å². The summed E-state index contributed by atoms with van der Waals surface area (Å²) in [6, 6.07) is 5.64. The summed E-state index contributed by atoms with van der Waals surface area (Å²) in [4.78, 5) is 2.35. The molecule has 19 heavy (non-hydrogen) atoms. The van der Waals surface area contributed by atoms with Crippen LogP contribution in [0, 0.1) is 11.7 Å². The zero-order valence-electron chi connectivity index (χ0n) is 13.0. The van der Waals surface area contributed by atoms with E-state index in [1.807, 2.05) is 13.1 Å². The lowest BCUT2D eigenvalue weighted by Gasteiger charge is -2.33. The minimum atomic E-state index is -0.172. The fourth-order valence-corrected chi connectivity index (χ4v) is 2.27. The topological polar surface area (TPSA) is 15.3 Å². The minimum absolute atomic E-state index is 0.138. The lowest BCUT2D eigenvalue weighted by Crippen LogP contribution is -2.35. The second kappa shape index (κ2) is 6.90. The van der Waals surface area contributed by atoms with Gasteiger partial charge in [0.25, 0.3) is 0 Å². The summed E-state index contributed by atoms with van der Waals surface area (Å²) in [5.74, 6) is 0.402. The normalized spacial score (nSPS) is 13.1. The van der Waals surface area contributed by atoms with Gasteiger partial charge in [-0.15, -0.1) is 0 Å². The van der Waals surface area contributed by atoms with Crippen LogP contribution in [0.15, 0.2) is 18.2 Å². The average molecular weight is 266 g/mol. The number of rotatable bonds is 6. The molecular formula is C16H27FN2. The van der Waals surface area contributed by atoms with Crippen LogP contribution in [-0.2, 0) is 0 Å². The zero-order chi connectivity index (χ0) is 14.6. The van der Waals surface area contributed by atoms with Crippen LogP contribution in [0.5, 0.6) is 0 Å². The molecule has 0 bridgehead atoms. The van der Waals surface area contributed by atoms with Gasteiger partial charge in [0.15, 0.2) is 0 Å². The maximum Gasteiger partial charge on any atom is 0.123 e. The van der Waals surface area contributed by atoms with E-state index in [-0.39, 0.29) is 11.9 Å². The predicted molar refractivity (Wildman–Crippen MR) is 81.2 cm³/mol. The smallest absolute Gasteiger partial charge is 0.123 e. The molecule has 0 aliphatic carbocycles. The molecule has 0 aliphatic heterocycles. The van der Waals surface area contributed by atoms with Crippen molar-refractivity contribution < 1.29 is 4.39 Å². The Labute approximate surface area is 117 Å². The summed E-state index contributed by atoms with van der Waals surface area (Å²) in [7, 11) is 1.90. The van der Waals surface area contributed by atoms with Crippen LogP contribution in [0.2, 0.25) is 0 Å². The van der Waals surface area contributed by atoms with Crippen LogP contribution < -0.4 is 10.2 Å². The molecule has 1 rings (SSSR count). The molecule has 1 atom stereocenters. The molecule has 1 aromatic carbocycles. The third kappa shape index (κ3) is 4.20. The number of nitrogens with zero attached hydrogens (tertiary/aromatic N) is 1. The molecule has 2 nitrogen and oxygen atoms in total. The summed E-state index contributed by atoms with van der Waals surface area (Å²) in [6.07, 6.45) is 0. The maximum atomic E-state index is 13.5. The molecule has 0 radical (unpaired) electrons. The highest BCUT2D eigenvalue weighted by Gasteiger charge is 2.18. The van der Waals surface area contributed by atoms with Gasteiger partial charge in [-0.3, -0.25) is 0 Å². The largest absolute Gasteiger partial charge is 0.369 e. The van der Waals surface area contributed by atoms with Gasteiger partial charge in [-0.2, -0.15) is 0 Å². The van der Waals surface area contributed by atoms with Crippen molar-refractivity contribution in [3.8, 4) is 0 Å². The van der Waals surface area contributed by atoms with Crippen molar-refractivity contribution in [3.63, 3.8) is 0 Å². The Kier molecular flexibility index (Phi) is 5.80. The van der Waals surface area contributed by atoms with Crippen molar-refractivity contribution in [2.75, 3.05) is 18.5 Å². The van der Waals surface area contributed by atoms with Gasteiger partial charge >= 0.3 is 0 Å². The molecule has 0 heterocycles. The van der Waals surface area contributed by atoms with Gasteiger partial charge in [-0.1, -0.05) is 13.8 Å². The highest BCUT2D eigenvalue weighted by Crippen LogP contribution is 2.29. The quantitative estimate of drug-likeness (QED) is 0.838. The van der Waals surface area contributed by atoms with E-state index in [4.69, 9.17) is 0 Å². The molecule has 0 spiro atoms. The SMILES string of the molecule is CNC(C)c1cc(F)ccc1N(CC(C)C)C(C)C. The number of halogens is 1. The molecule has 108 valence electrons. The van der Waals surface area contributed by atoms with Crippen LogP contribution >= 0.6 is 0 Å². The zero-order valence-corrected chi connectivity index (χ0v) is 13.0. The molecule has 0 aliphatic rings. The van der Waals surface area contributed by atoms with Crippen molar-refractivity contribution in [2.45, 2.75) is 46.7 Å². The highest BCUT2D eigenvalue weighted by atomic mass is 19.1. The number of benzene rings is 1. The fourth-order valence-electron chi connectivity index (χ4n) is 2.27. The number of hydrogen-bond donors (Lipinski definition) is 1. The van der Waals surface area contributed by atoms with E-state index in [1.54, 1.807) is 12.1 Å². The molecule has 1 unspecified atom stereocenters. The molecular weight excluding hydrogens is 239 g/mol. The Balaban J connectivity index is 3.21. The van der Waals surface area contributed by atoms with E-state index in [1.165, 1.54) is 0 Å². The van der Waals surface area contributed by atoms with Crippen LogP contribution in [0.1, 0.15) is 46.2 Å². The van der Waals surface area contributed by atoms with Crippen LogP contribution in [0.25, 0.3) is 0 Å². The highest BCUT2D eigenvalue weighted by molar-refractivity contribution is 5.55. The lowest BCUT2D eigenvalue weighted by atomic mass is 10.0. The van der Waals surface area contributed by atoms with Gasteiger partial charge < -0.3 is 10.2 Å². The molecule has 0 amide bonds. The van der Waals surface area contributed by atoms with Crippen molar-refractivity contribution >= 4 is 5.69 Å². The van der Waals surface area contributed by atoms with Gasteiger partial charge in [0.1, 0.15) is 5.82 Å². The van der Waals surface area contributed by atoms with E-state index in [0.717, 1.165) is 17.8 Å². The Bertz CT molecular complexity index is 402. The summed E-state index contributed by atoms with van der Waals surface area (Å²) in [6.45, 7) is 11.8. The minimum Gasteiger partial charge on any atom is -0.369 e. The first-order valence-corrected chi connectivity index (χ1v) is 7.10. The van der Waals surface area contributed by atoms with Crippen molar-refractivity contribution in [2.24, 2.45) is 5.92 Å². The second-order valence-corrected chi connectivity index (χ2v) is 5.85. The van der Waals surface area contributed by atoms with Gasteiger partial charge in [0.05, 0.1) is 0 Å². The monoisotopic (exact) mass is 266 g/mol. The second-order valence-electron chi connectivity index (χ2n) is 5.85. The van der Waals surface area contributed by atoms with E-state index in [2.05, 4.69) is 44.8 Å². The van der Waals surface area contributed by atoms with Gasteiger partial charge in [-0.05, 0) is 57.5 Å². The van der Waals surface area contributed by atoms with Crippen molar-refractivity contribution in [3.05, 3.63) is 29.6 Å². The summed E-state index contributed by atoms with van der Waals surface area (Å²) in [5, 5.41) is 3.20. The summed E-state index contributed by atoms with van der Waals surface area (Å²) >= 11 is 0. The molecule has 0 saturated carbocycles. The first-order valence-electron chi connectivity index (χ1n) is 7.10. The first kappa shape index (κ1) is 16.0. The molecule has 0 aromatic heterocycles. The average Bonchev–Trinajstić information content (AvgIpc) is 2.34. The molecule has 0 fully saturated rings. The maximum absolute atomic E-state index is 13.5. The Morgan fingerprint density at radius 1 is 1.16 bits per heavy atom. The van der Waals surface area contributed by atoms with E-state index >= 15 is 0 Å². The van der Waals surface area contributed by atoms with Crippen LogP contribution in [0.3, 0.4) is 0 Å². The number of hydrogen-bond acceptors (Lipinski definition) is 2. The van der Waals surface area contributed by atoms with Crippen LogP contribution in [0.4, 0.5) is 10.1 Å². The molecule has 1 aromatic rings. The molecule has 1 N–H and O–H groups in total. The van der Waals surface area contributed by atoms with E-state index in [0.29, 0.717) is 12.0 Å². The van der Waals surface area contributed by atoms with E-state index in [9.17, 15) is 4.39 Å². The Morgan fingerprint density at radius 3 is 2.26 bits per heavy atom. The standard InChI is InChI=1S/C16H27FN2/c1-11(2)10-19(12(3)4)16-8-7-14(17)9-15(16)13(5)18-6/h7-9,11-13,18H,10H2,1-6H3. The Morgan fingerprint density at radius 2 is 1.79 bits per heavy atom. The van der Waals surface area contributed by atoms with Gasteiger partial charge in [0.2, 0.25) is 0 Å². The van der Waals surface area contributed by atoms with Gasteiger partial charge in [-0.25, -0.2) is 4.39 Å². The third-order valence-corrected chi connectivity index (χ3v) is 3.38. The fraction of sp³-hybridized carbons (Fsp3) is 0.625. The summed E-state index contributed by atoms with van der Waals surface area (Å²) < 4.78 is 13.5. The number of anilines is 1. The summed E-state index contributed by atoms with van der Waals surface area (Å²) in [5.41, 5.74) is 2.16. The Hall–Kier alpha value is -1.09. The van der Waals surface area contributed by atoms with Crippen molar-refractivity contribution in [1.29, 1.82) is 0 Å². The predicted octanol–water partition coefficient (Wildman–Crippen LogP) is 3.98.